The Morgan fingerprint density at radius 3 is 3.00 bits per heavy atom. The van der Waals surface area contributed by atoms with Gasteiger partial charge in [-0.3, -0.25) is 4.79 Å². The van der Waals surface area contributed by atoms with E-state index in [0.29, 0.717) is 12.5 Å². The SMILES string of the molecule is CCc1cnc(CNC(=O)C(C)C2CNC2)s1. The van der Waals surface area contributed by atoms with Gasteiger partial charge in [-0.15, -0.1) is 11.3 Å². The molecular formula is C12H19N3OS. The first-order valence-electron chi connectivity index (χ1n) is 6.12. The molecule has 1 atom stereocenters. The minimum Gasteiger partial charge on any atom is -0.349 e. The second-order valence-electron chi connectivity index (χ2n) is 4.50. The van der Waals surface area contributed by atoms with Crippen LogP contribution >= 0.6 is 11.3 Å². The molecule has 17 heavy (non-hydrogen) atoms. The first kappa shape index (κ1) is 12.5. The zero-order valence-corrected chi connectivity index (χ0v) is 11.1. The van der Waals surface area contributed by atoms with Crippen molar-refractivity contribution in [2.45, 2.75) is 26.8 Å². The lowest BCUT2D eigenvalue weighted by Crippen LogP contribution is -2.49. The van der Waals surface area contributed by atoms with E-state index in [9.17, 15) is 4.79 Å². The first-order chi connectivity index (χ1) is 8.20. The zero-order chi connectivity index (χ0) is 12.3. The van der Waals surface area contributed by atoms with E-state index in [0.717, 1.165) is 24.5 Å². The van der Waals surface area contributed by atoms with E-state index in [2.05, 4.69) is 22.5 Å². The minimum atomic E-state index is 0.0989. The van der Waals surface area contributed by atoms with Crippen LogP contribution in [-0.4, -0.2) is 24.0 Å². The Bertz CT molecular complexity index is 387. The van der Waals surface area contributed by atoms with Crippen molar-refractivity contribution in [3.05, 3.63) is 16.1 Å². The predicted octanol–water partition coefficient (Wildman–Crippen LogP) is 1.18. The Hall–Kier alpha value is -0.940. The largest absolute Gasteiger partial charge is 0.349 e. The van der Waals surface area contributed by atoms with Gasteiger partial charge in [0.05, 0.1) is 6.54 Å². The van der Waals surface area contributed by atoms with Gasteiger partial charge in [-0.1, -0.05) is 13.8 Å². The molecule has 94 valence electrons. The van der Waals surface area contributed by atoms with Crippen molar-refractivity contribution in [2.24, 2.45) is 11.8 Å². The average molecular weight is 253 g/mol. The molecule has 1 amide bonds. The van der Waals surface area contributed by atoms with Crippen molar-refractivity contribution in [3.63, 3.8) is 0 Å². The summed E-state index contributed by atoms with van der Waals surface area (Å²) in [5.74, 6) is 0.740. The molecule has 1 aliphatic rings. The van der Waals surface area contributed by atoms with Crippen LogP contribution in [0.5, 0.6) is 0 Å². The Kier molecular flexibility index (Phi) is 4.12. The van der Waals surface area contributed by atoms with E-state index in [-0.39, 0.29) is 11.8 Å². The van der Waals surface area contributed by atoms with Gasteiger partial charge < -0.3 is 10.6 Å². The maximum Gasteiger partial charge on any atom is 0.223 e. The summed E-state index contributed by atoms with van der Waals surface area (Å²) in [6.45, 7) is 6.60. The quantitative estimate of drug-likeness (QED) is 0.828. The minimum absolute atomic E-state index is 0.0989. The third-order valence-electron chi connectivity index (χ3n) is 3.30. The number of hydrogen-bond donors (Lipinski definition) is 2. The second kappa shape index (κ2) is 5.60. The van der Waals surface area contributed by atoms with Gasteiger partial charge in [-0.2, -0.15) is 0 Å². The van der Waals surface area contributed by atoms with E-state index >= 15 is 0 Å². The molecule has 0 aromatic carbocycles. The van der Waals surface area contributed by atoms with Crippen LogP contribution in [0.3, 0.4) is 0 Å². The van der Waals surface area contributed by atoms with E-state index < -0.39 is 0 Å². The molecule has 0 aliphatic carbocycles. The number of nitrogens with one attached hydrogen (secondary N) is 2. The normalized spacial score (nSPS) is 17.5. The third-order valence-corrected chi connectivity index (χ3v) is 4.44. The van der Waals surface area contributed by atoms with Crippen LogP contribution in [0.2, 0.25) is 0 Å². The highest BCUT2D eigenvalue weighted by molar-refractivity contribution is 7.11. The lowest BCUT2D eigenvalue weighted by Gasteiger charge is -2.31. The second-order valence-corrected chi connectivity index (χ2v) is 5.70. The average Bonchev–Trinajstić information content (AvgIpc) is 2.71. The third kappa shape index (κ3) is 3.04. The Morgan fingerprint density at radius 1 is 1.71 bits per heavy atom. The standard InChI is InChI=1S/C12H19N3OS/c1-3-10-6-14-11(17-10)7-15-12(16)8(2)9-4-13-5-9/h6,8-9,13H,3-5,7H2,1-2H3,(H,15,16). The molecule has 2 N–H and O–H groups in total. The van der Waals surface area contributed by atoms with Crippen LogP contribution in [-0.2, 0) is 17.8 Å². The van der Waals surface area contributed by atoms with Crippen LogP contribution in [0.4, 0.5) is 0 Å². The Morgan fingerprint density at radius 2 is 2.47 bits per heavy atom. The topological polar surface area (TPSA) is 54.0 Å². The highest BCUT2D eigenvalue weighted by atomic mass is 32.1. The van der Waals surface area contributed by atoms with Crippen molar-refractivity contribution in [1.29, 1.82) is 0 Å². The Balaban J connectivity index is 1.78. The number of aromatic nitrogens is 1. The lowest BCUT2D eigenvalue weighted by molar-refractivity contribution is -0.126. The van der Waals surface area contributed by atoms with Crippen LogP contribution in [0.25, 0.3) is 0 Å². The van der Waals surface area contributed by atoms with Gasteiger partial charge in [0, 0.05) is 17.0 Å². The molecule has 4 nitrogen and oxygen atoms in total. The van der Waals surface area contributed by atoms with Crippen molar-refractivity contribution in [1.82, 2.24) is 15.6 Å². The maximum absolute atomic E-state index is 11.9. The van der Waals surface area contributed by atoms with Gasteiger partial charge in [0.1, 0.15) is 5.01 Å². The van der Waals surface area contributed by atoms with Crippen LogP contribution in [0, 0.1) is 11.8 Å². The molecule has 0 saturated carbocycles. The predicted molar refractivity (Wildman–Crippen MR) is 68.9 cm³/mol. The molecule has 1 aromatic rings. The Labute approximate surface area is 106 Å². The summed E-state index contributed by atoms with van der Waals surface area (Å²) in [5.41, 5.74) is 0. The fourth-order valence-corrected chi connectivity index (χ4v) is 2.60. The molecular weight excluding hydrogens is 234 g/mol. The van der Waals surface area contributed by atoms with Gasteiger partial charge in [0.25, 0.3) is 0 Å². The smallest absolute Gasteiger partial charge is 0.223 e. The number of aryl methyl sites for hydroxylation is 1. The summed E-state index contributed by atoms with van der Waals surface area (Å²) in [6.07, 6.45) is 2.90. The molecule has 1 aromatic heterocycles. The number of carbonyl (C=O) groups excluding carboxylic acids is 1. The number of nitrogens with zero attached hydrogens (tertiary/aromatic N) is 1. The number of carbonyl (C=O) groups is 1. The summed E-state index contributed by atoms with van der Waals surface area (Å²) in [4.78, 5) is 17.4. The number of thiazole rings is 1. The van der Waals surface area contributed by atoms with Gasteiger partial charge >= 0.3 is 0 Å². The van der Waals surface area contributed by atoms with Crippen molar-refractivity contribution < 1.29 is 4.79 Å². The zero-order valence-electron chi connectivity index (χ0n) is 10.3. The van der Waals surface area contributed by atoms with Crippen molar-refractivity contribution in [2.75, 3.05) is 13.1 Å². The van der Waals surface area contributed by atoms with Gasteiger partial charge in [0.2, 0.25) is 5.91 Å². The summed E-state index contributed by atoms with van der Waals surface area (Å²) in [5, 5.41) is 7.15. The maximum atomic E-state index is 11.9. The molecule has 5 heteroatoms. The van der Waals surface area contributed by atoms with Crippen molar-refractivity contribution in [3.8, 4) is 0 Å². The molecule has 1 saturated heterocycles. The fraction of sp³-hybridized carbons (Fsp3) is 0.667. The number of hydrogen-bond acceptors (Lipinski definition) is 4. The van der Waals surface area contributed by atoms with Crippen LogP contribution in [0.15, 0.2) is 6.20 Å². The molecule has 1 aliphatic heterocycles. The van der Waals surface area contributed by atoms with E-state index in [1.54, 1.807) is 11.3 Å². The van der Waals surface area contributed by atoms with Gasteiger partial charge in [-0.05, 0) is 25.4 Å². The van der Waals surface area contributed by atoms with Crippen LogP contribution in [0.1, 0.15) is 23.7 Å². The molecule has 0 spiro atoms. The molecule has 0 bridgehead atoms. The van der Waals surface area contributed by atoms with E-state index in [4.69, 9.17) is 0 Å². The van der Waals surface area contributed by atoms with Gasteiger partial charge in [-0.25, -0.2) is 4.98 Å². The fourth-order valence-electron chi connectivity index (χ4n) is 1.80. The van der Waals surface area contributed by atoms with E-state index in [1.165, 1.54) is 4.88 Å². The summed E-state index contributed by atoms with van der Waals surface area (Å²) >= 11 is 1.68. The number of amides is 1. The lowest BCUT2D eigenvalue weighted by atomic mass is 9.88. The molecule has 0 radical (unpaired) electrons. The van der Waals surface area contributed by atoms with Gasteiger partial charge in [0.15, 0.2) is 0 Å². The summed E-state index contributed by atoms with van der Waals surface area (Å²) in [6, 6.07) is 0. The summed E-state index contributed by atoms with van der Waals surface area (Å²) in [7, 11) is 0. The highest BCUT2D eigenvalue weighted by Gasteiger charge is 2.28. The van der Waals surface area contributed by atoms with Crippen LogP contribution < -0.4 is 10.6 Å². The monoisotopic (exact) mass is 253 g/mol. The van der Waals surface area contributed by atoms with E-state index in [1.807, 2.05) is 13.1 Å². The van der Waals surface area contributed by atoms with Crippen molar-refractivity contribution >= 4 is 17.2 Å². The first-order valence-corrected chi connectivity index (χ1v) is 6.94. The number of rotatable bonds is 5. The molecule has 2 heterocycles. The highest BCUT2D eigenvalue weighted by Crippen LogP contribution is 2.17. The summed E-state index contributed by atoms with van der Waals surface area (Å²) < 4.78 is 0. The molecule has 1 unspecified atom stereocenters. The molecule has 2 rings (SSSR count). The molecule has 1 fully saturated rings.